The van der Waals surface area contributed by atoms with Crippen molar-refractivity contribution in [1.82, 2.24) is 20.0 Å². The molecule has 154 valence electrons. The Kier molecular flexibility index (Phi) is 7.33. The molecule has 2 heterocycles. The van der Waals surface area contributed by atoms with Gasteiger partial charge in [-0.15, -0.1) is 12.4 Å². The molecule has 1 aliphatic carbocycles. The Morgan fingerprint density at radius 3 is 2.70 bits per heavy atom. The number of carbonyl (C=O) groups excluding carboxylic acids is 1. The van der Waals surface area contributed by atoms with Gasteiger partial charge in [0.25, 0.3) is 0 Å². The molecule has 1 aromatic heterocycles. The molecule has 2 aliphatic rings. The van der Waals surface area contributed by atoms with Crippen LogP contribution in [0.5, 0.6) is 0 Å². The molecule has 0 aromatic carbocycles. The highest BCUT2D eigenvalue weighted by atomic mass is 35.5. The standard InChI is InChI=1S/C20H34N4O2.ClH/c1-6-8-24(17-9-18(26-7-2)20(17,3)4)19(25)16-12-21-11-15(16)14-10-22-23(5)13-14;/h10,13,15-18,21H,6-9,11-12H2,1-5H3;1H/t15-,16+,17?,18?;/m1./s1. The zero-order chi connectivity index (χ0) is 18.9. The molecule has 0 bridgehead atoms. The van der Waals surface area contributed by atoms with Crippen LogP contribution in [-0.4, -0.2) is 59.0 Å². The molecule has 27 heavy (non-hydrogen) atoms. The van der Waals surface area contributed by atoms with Crippen molar-refractivity contribution in [3.05, 3.63) is 18.0 Å². The van der Waals surface area contributed by atoms with Gasteiger partial charge in [0.15, 0.2) is 0 Å². The third-order valence-electron chi connectivity index (χ3n) is 6.30. The molecule has 1 N–H and O–H groups in total. The van der Waals surface area contributed by atoms with Crippen LogP contribution in [0.15, 0.2) is 12.4 Å². The Balaban J connectivity index is 0.00000261. The number of carbonyl (C=O) groups is 1. The number of nitrogens with one attached hydrogen (secondary N) is 1. The topological polar surface area (TPSA) is 59.4 Å². The summed E-state index contributed by atoms with van der Waals surface area (Å²) in [5.74, 6) is 0.493. The normalized spacial score (nSPS) is 29.1. The van der Waals surface area contributed by atoms with Crippen molar-refractivity contribution in [1.29, 1.82) is 0 Å². The Bertz CT molecular complexity index is 633. The second-order valence-corrected chi connectivity index (χ2v) is 8.37. The third-order valence-corrected chi connectivity index (χ3v) is 6.30. The van der Waals surface area contributed by atoms with E-state index in [2.05, 4.69) is 36.1 Å². The van der Waals surface area contributed by atoms with E-state index in [1.807, 2.05) is 31.0 Å². The average Bonchev–Trinajstić information content (AvgIpc) is 3.25. The van der Waals surface area contributed by atoms with Gasteiger partial charge in [0.2, 0.25) is 5.91 Å². The van der Waals surface area contributed by atoms with Crippen LogP contribution in [-0.2, 0) is 16.6 Å². The summed E-state index contributed by atoms with van der Waals surface area (Å²) in [4.78, 5) is 15.7. The van der Waals surface area contributed by atoms with E-state index in [4.69, 9.17) is 4.74 Å². The summed E-state index contributed by atoms with van der Waals surface area (Å²) in [6.45, 7) is 11.8. The fourth-order valence-electron chi connectivity index (χ4n) is 4.67. The van der Waals surface area contributed by atoms with Crippen LogP contribution in [0.4, 0.5) is 0 Å². The molecule has 1 aromatic rings. The van der Waals surface area contributed by atoms with Crippen molar-refractivity contribution in [2.75, 3.05) is 26.2 Å². The summed E-state index contributed by atoms with van der Waals surface area (Å²) in [5, 5.41) is 7.72. The van der Waals surface area contributed by atoms with E-state index in [-0.39, 0.29) is 41.8 Å². The van der Waals surface area contributed by atoms with Gasteiger partial charge in [0, 0.05) is 56.9 Å². The van der Waals surface area contributed by atoms with Gasteiger partial charge in [-0.25, -0.2) is 0 Å². The predicted molar refractivity (Wildman–Crippen MR) is 109 cm³/mol. The lowest BCUT2D eigenvalue weighted by atomic mass is 9.63. The highest BCUT2D eigenvalue weighted by Crippen LogP contribution is 2.46. The molecule has 1 aliphatic heterocycles. The summed E-state index contributed by atoms with van der Waals surface area (Å²) in [6, 6.07) is 0.265. The van der Waals surface area contributed by atoms with Gasteiger partial charge in [0.05, 0.1) is 18.2 Å². The van der Waals surface area contributed by atoms with Gasteiger partial charge in [0.1, 0.15) is 0 Å². The van der Waals surface area contributed by atoms with Gasteiger partial charge < -0.3 is 15.0 Å². The van der Waals surface area contributed by atoms with E-state index in [0.717, 1.165) is 44.6 Å². The molecule has 2 unspecified atom stereocenters. The van der Waals surface area contributed by atoms with Gasteiger partial charge in [-0.3, -0.25) is 9.48 Å². The van der Waals surface area contributed by atoms with Crippen molar-refractivity contribution < 1.29 is 9.53 Å². The fourth-order valence-corrected chi connectivity index (χ4v) is 4.67. The number of halogens is 1. The van der Waals surface area contributed by atoms with Gasteiger partial charge in [-0.05, 0) is 25.3 Å². The molecule has 0 spiro atoms. The molecule has 1 amide bonds. The fraction of sp³-hybridized carbons (Fsp3) is 0.800. The first-order valence-corrected chi connectivity index (χ1v) is 10.0. The zero-order valence-electron chi connectivity index (χ0n) is 17.3. The molecule has 6 nitrogen and oxygen atoms in total. The summed E-state index contributed by atoms with van der Waals surface area (Å²) in [5.41, 5.74) is 1.17. The maximum atomic E-state index is 13.5. The van der Waals surface area contributed by atoms with Crippen molar-refractivity contribution >= 4 is 18.3 Å². The number of hydrogen-bond donors (Lipinski definition) is 1. The Morgan fingerprint density at radius 2 is 2.15 bits per heavy atom. The van der Waals surface area contributed by atoms with E-state index in [1.165, 1.54) is 0 Å². The average molecular weight is 399 g/mol. The molecule has 4 atom stereocenters. The van der Waals surface area contributed by atoms with Crippen LogP contribution in [0.1, 0.15) is 52.0 Å². The minimum atomic E-state index is -0.00677. The van der Waals surface area contributed by atoms with E-state index >= 15 is 0 Å². The molecule has 1 saturated heterocycles. The molecular formula is C20H35ClN4O2. The maximum Gasteiger partial charge on any atom is 0.227 e. The number of aromatic nitrogens is 2. The van der Waals surface area contributed by atoms with Crippen LogP contribution in [0.3, 0.4) is 0 Å². The molecule has 3 rings (SSSR count). The van der Waals surface area contributed by atoms with Gasteiger partial charge >= 0.3 is 0 Å². The second-order valence-electron chi connectivity index (χ2n) is 8.37. The van der Waals surface area contributed by atoms with Crippen LogP contribution in [0.25, 0.3) is 0 Å². The molecule has 7 heteroatoms. The first-order valence-electron chi connectivity index (χ1n) is 10.0. The summed E-state index contributed by atoms with van der Waals surface area (Å²) in [6.07, 6.45) is 6.13. The highest BCUT2D eigenvalue weighted by Gasteiger charge is 2.53. The number of aryl methyl sites for hydroxylation is 1. The lowest BCUT2D eigenvalue weighted by molar-refractivity contribution is -0.170. The minimum absolute atomic E-state index is 0. The molecule has 2 fully saturated rings. The Hall–Kier alpha value is -1.11. The Morgan fingerprint density at radius 1 is 1.41 bits per heavy atom. The number of nitrogens with zero attached hydrogens (tertiary/aromatic N) is 3. The van der Waals surface area contributed by atoms with E-state index in [1.54, 1.807) is 0 Å². The second kappa shape index (κ2) is 8.93. The van der Waals surface area contributed by atoms with Crippen molar-refractivity contribution in [3.8, 4) is 0 Å². The minimum Gasteiger partial charge on any atom is -0.378 e. The van der Waals surface area contributed by atoms with Crippen LogP contribution in [0.2, 0.25) is 0 Å². The lowest BCUT2D eigenvalue weighted by Gasteiger charge is -2.56. The van der Waals surface area contributed by atoms with E-state index in [0.29, 0.717) is 5.91 Å². The van der Waals surface area contributed by atoms with E-state index < -0.39 is 0 Å². The molecule has 0 radical (unpaired) electrons. The monoisotopic (exact) mass is 398 g/mol. The molecular weight excluding hydrogens is 364 g/mol. The third kappa shape index (κ3) is 4.17. The van der Waals surface area contributed by atoms with Gasteiger partial charge in [-0.2, -0.15) is 5.10 Å². The summed E-state index contributed by atoms with van der Waals surface area (Å²) >= 11 is 0. The van der Waals surface area contributed by atoms with Crippen molar-refractivity contribution in [2.24, 2.45) is 18.4 Å². The Labute approximate surface area is 169 Å². The van der Waals surface area contributed by atoms with Gasteiger partial charge in [-0.1, -0.05) is 20.8 Å². The summed E-state index contributed by atoms with van der Waals surface area (Å²) < 4.78 is 7.71. The van der Waals surface area contributed by atoms with Crippen LogP contribution in [0, 0.1) is 11.3 Å². The molecule has 1 saturated carbocycles. The van der Waals surface area contributed by atoms with Crippen molar-refractivity contribution in [2.45, 2.75) is 58.6 Å². The lowest BCUT2D eigenvalue weighted by Crippen LogP contribution is -2.64. The SMILES string of the molecule is CCCN(C(=O)[C@H]1CNC[C@@H]1c1cnn(C)c1)C1CC(OCC)C1(C)C.Cl. The number of amides is 1. The number of hydrogen-bond acceptors (Lipinski definition) is 4. The quantitative estimate of drug-likeness (QED) is 0.766. The largest absolute Gasteiger partial charge is 0.378 e. The van der Waals surface area contributed by atoms with Crippen LogP contribution >= 0.6 is 12.4 Å². The first kappa shape index (κ1) is 22.2. The van der Waals surface area contributed by atoms with E-state index in [9.17, 15) is 4.79 Å². The first-order chi connectivity index (χ1) is 12.4. The number of ether oxygens (including phenoxy) is 1. The maximum absolute atomic E-state index is 13.5. The smallest absolute Gasteiger partial charge is 0.227 e. The highest BCUT2D eigenvalue weighted by molar-refractivity contribution is 5.85. The predicted octanol–water partition coefficient (Wildman–Crippen LogP) is 2.59. The van der Waals surface area contributed by atoms with Crippen molar-refractivity contribution in [3.63, 3.8) is 0 Å². The zero-order valence-corrected chi connectivity index (χ0v) is 18.1. The number of rotatable bonds is 7. The van der Waals surface area contributed by atoms with Crippen LogP contribution < -0.4 is 5.32 Å². The summed E-state index contributed by atoms with van der Waals surface area (Å²) in [7, 11) is 1.93.